The summed E-state index contributed by atoms with van der Waals surface area (Å²) in [6, 6.07) is 11.6. The van der Waals surface area contributed by atoms with Gasteiger partial charge in [0.2, 0.25) is 0 Å². The third kappa shape index (κ3) is 1.78. The molecule has 2 N–H and O–H groups in total. The fourth-order valence-corrected chi connectivity index (χ4v) is 2.13. The summed E-state index contributed by atoms with van der Waals surface area (Å²) < 4.78 is 2.93. The molecule has 0 fully saturated rings. The monoisotopic (exact) mass is 288 g/mol. The minimum atomic E-state index is 0.686. The van der Waals surface area contributed by atoms with Crippen LogP contribution >= 0.6 is 15.9 Å². The highest BCUT2D eigenvalue weighted by Gasteiger charge is 2.07. The van der Waals surface area contributed by atoms with Crippen molar-refractivity contribution in [3.63, 3.8) is 0 Å². The van der Waals surface area contributed by atoms with Gasteiger partial charge in [-0.05, 0) is 18.2 Å². The Morgan fingerprint density at radius 3 is 2.82 bits per heavy atom. The average molecular weight is 289 g/mol. The SMILES string of the molecule is Nc1ccn2c(-c3cccc(Br)c3)nnc2c1. The van der Waals surface area contributed by atoms with E-state index in [4.69, 9.17) is 5.73 Å². The smallest absolute Gasteiger partial charge is 0.168 e. The van der Waals surface area contributed by atoms with Gasteiger partial charge in [-0.15, -0.1) is 10.2 Å². The van der Waals surface area contributed by atoms with Crippen molar-refractivity contribution in [2.75, 3.05) is 5.73 Å². The highest BCUT2D eigenvalue weighted by atomic mass is 79.9. The Balaban J connectivity index is 2.24. The third-order valence-electron chi connectivity index (χ3n) is 2.52. The number of pyridine rings is 1. The Hall–Kier alpha value is -1.88. The summed E-state index contributed by atoms with van der Waals surface area (Å²) in [7, 11) is 0. The van der Waals surface area contributed by atoms with E-state index >= 15 is 0 Å². The number of nitrogens with two attached hydrogens (primary N) is 1. The first-order valence-corrected chi connectivity index (χ1v) is 5.89. The molecule has 0 aliphatic heterocycles. The second kappa shape index (κ2) is 3.85. The van der Waals surface area contributed by atoms with Gasteiger partial charge in [0.05, 0.1) is 0 Å². The molecule has 0 unspecified atom stereocenters. The van der Waals surface area contributed by atoms with Gasteiger partial charge in [-0.2, -0.15) is 0 Å². The minimum Gasteiger partial charge on any atom is -0.399 e. The molecule has 1 aromatic carbocycles. The summed E-state index contributed by atoms with van der Waals surface area (Å²) in [5, 5.41) is 8.29. The Labute approximate surface area is 106 Å². The molecule has 84 valence electrons. The zero-order valence-corrected chi connectivity index (χ0v) is 10.4. The van der Waals surface area contributed by atoms with Crippen LogP contribution in [0.15, 0.2) is 47.1 Å². The first-order valence-electron chi connectivity index (χ1n) is 5.10. The van der Waals surface area contributed by atoms with Gasteiger partial charge < -0.3 is 5.73 Å². The molecule has 0 spiro atoms. The first-order chi connectivity index (χ1) is 8.24. The Morgan fingerprint density at radius 1 is 1.12 bits per heavy atom. The molecule has 5 heteroatoms. The highest BCUT2D eigenvalue weighted by molar-refractivity contribution is 9.10. The number of rotatable bonds is 1. The number of aromatic nitrogens is 3. The number of hydrogen-bond acceptors (Lipinski definition) is 3. The van der Waals surface area contributed by atoms with Crippen LogP contribution < -0.4 is 5.73 Å². The second-order valence-electron chi connectivity index (χ2n) is 3.72. The number of fused-ring (bicyclic) bond motifs is 1. The van der Waals surface area contributed by atoms with Crippen LogP contribution in [0.5, 0.6) is 0 Å². The number of nitrogens with zero attached hydrogens (tertiary/aromatic N) is 3. The largest absolute Gasteiger partial charge is 0.399 e. The lowest BCUT2D eigenvalue weighted by Crippen LogP contribution is -1.91. The van der Waals surface area contributed by atoms with Gasteiger partial charge in [0, 0.05) is 28.0 Å². The van der Waals surface area contributed by atoms with Gasteiger partial charge in [-0.1, -0.05) is 28.1 Å². The summed E-state index contributed by atoms with van der Waals surface area (Å²) in [6.07, 6.45) is 1.88. The third-order valence-corrected chi connectivity index (χ3v) is 3.01. The quantitative estimate of drug-likeness (QED) is 0.749. The summed E-state index contributed by atoms with van der Waals surface area (Å²) in [5.41, 5.74) is 8.15. The van der Waals surface area contributed by atoms with Gasteiger partial charge in [0.1, 0.15) is 0 Å². The van der Waals surface area contributed by atoms with Crippen LogP contribution in [0.25, 0.3) is 17.0 Å². The molecular weight excluding hydrogens is 280 g/mol. The van der Waals surface area contributed by atoms with Crippen molar-refractivity contribution in [2.24, 2.45) is 0 Å². The van der Waals surface area contributed by atoms with Crippen LogP contribution in [0.4, 0.5) is 5.69 Å². The van der Waals surface area contributed by atoms with Crippen molar-refractivity contribution in [1.29, 1.82) is 0 Å². The van der Waals surface area contributed by atoms with E-state index in [-0.39, 0.29) is 0 Å². The molecule has 3 aromatic rings. The van der Waals surface area contributed by atoms with E-state index in [9.17, 15) is 0 Å². The van der Waals surface area contributed by atoms with E-state index in [2.05, 4.69) is 26.1 Å². The summed E-state index contributed by atoms with van der Waals surface area (Å²) >= 11 is 3.45. The van der Waals surface area contributed by atoms with Crippen molar-refractivity contribution >= 4 is 27.3 Å². The van der Waals surface area contributed by atoms with E-state index in [0.29, 0.717) is 5.69 Å². The van der Waals surface area contributed by atoms with E-state index in [1.54, 1.807) is 6.07 Å². The normalized spacial score (nSPS) is 10.9. The molecule has 0 aliphatic carbocycles. The average Bonchev–Trinajstić information content (AvgIpc) is 2.71. The molecule has 0 atom stereocenters. The van der Waals surface area contributed by atoms with Crippen LogP contribution in [-0.4, -0.2) is 14.6 Å². The lowest BCUT2D eigenvalue weighted by atomic mass is 10.2. The van der Waals surface area contributed by atoms with E-state index < -0.39 is 0 Å². The maximum absolute atomic E-state index is 5.71. The van der Waals surface area contributed by atoms with Crippen LogP contribution in [0.2, 0.25) is 0 Å². The molecule has 2 heterocycles. The molecule has 3 rings (SSSR count). The molecule has 0 radical (unpaired) electrons. The maximum atomic E-state index is 5.71. The molecular formula is C12H9BrN4. The zero-order valence-electron chi connectivity index (χ0n) is 8.84. The van der Waals surface area contributed by atoms with Crippen LogP contribution in [0.3, 0.4) is 0 Å². The lowest BCUT2D eigenvalue weighted by Gasteiger charge is -2.01. The Kier molecular flexibility index (Phi) is 2.33. The molecule has 2 aromatic heterocycles. The number of halogens is 1. The summed E-state index contributed by atoms with van der Waals surface area (Å²) in [4.78, 5) is 0. The Morgan fingerprint density at radius 2 is 2.00 bits per heavy atom. The van der Waals surface area contributed by atoms with E-state index in [1.807, 2.05) is 40.9 Å². The standard InChI is InChI=1S/C12H9BrN4/c13-9-3-1-2-8(6-9)12-16-15-11-7-10(14)4-5-17(11)12/h1-7H,14H2. The molecule has 0 aliphatic rings. The molecule has 0 saturated carbocycles. The highest BCUT2D eigenvalue weighted by Crippen LogP contribution is 2.22. The lowest BCUT2D eigenvalue weighted by molar-refractivity contribution is 1.11. The number of hydrogen-bond donors (Lipinski definition) is 1. The van der Waals surface area contributed by atoms with Gasteiger partial charge in [0.25, 0.3) is 0 Å². The number of benzene rings is 1. The summed E-state index contributed by atoms with van der Waals surface area (Å²) in [6.45, 7) is 0. The molecule has 17 heavy (non-hydrogen) atoms. The maximum Gasteiger partial charge on any atom is 0.168 e. The van der Waals surface area contributed by atoms with Crippen molar-refractivity contribution in [3.05, 3.63) is 47.1 Å². The fourth-order valence-electron chi connectivity index (χ4n) is 1.73. The van der Waals surface area contributed by atoms with Crippen molar-refractivity contribution in [1.82, 2.24) is 14.6 Å². The Bertz CT molecular complexity index is 690. The molecule has 0 bridgehead atoms. The van der Waals surface area contributed by atoms with E-state index in [1.165, 1.54) is 0 Å². The predicted molar refractivity (Wildman–Crippen MR) is 70.5 cm³/mol. The minimum absolute atomic E-state index is 0.686. The van der Waals surface area contributed by atoms with Crippen molar-refractivity contribution in [2.45, 2.75) is 0 Å². The van der Waals surface area contributed by atoms with Gasteiger partial charge >= 0.3 is 0 Å². The van der Waals surface area contributed by atoms with Gasteiger partial charge in [-0.25, -0.2) is 0 Å². The van der Waals surface area contributed by atoms with Gasteiger partial charge in [0.15, 0.2) is 11.5 Å². The predicted octanol–water partition coefficient (Wildman–Crippen LogP) is 2.74. The van der Waals surface area contributed by atoms with Crippen LogP contribution in [0.1, 0.15) is 0 Å². The van der Waals surface area contributed by atoms with Gasteiger partial charge in [-0.3, -0.25) is 4.40 Å². The number of nitrogen functional groups attached to an aromatic ring is 1. The van der Waals surface area contributed by atoms with Crippen LogP contribution in [0, 0.1) is 0 Å². The fraction of sp³-hybridized carbons (Fsp3) is 0. The first kappa shape index (κ1) is 10.3. The topological polar surface area (TPSA) is 56.2 Å². The van der Waals surface area contributed by atoms with Crippen molar-refractivity contribution in [3.8, 4) is 11.4 Å². The molecule has 0 amide bonds. The zero-order chi connectivity index (χ0) is 11.8. The summed E-state index contributed by atoms with van der Waals surface area (Å²) in [5.74, 6) is 0.807. The molecule has 0 saturated heterocycles. The molecule has 4 nitrogen and oxygen atoms in total. The number of anilines is 1. The van der Waals surface area contributed by atoms with Crippen LogP contribution in [-0.2, 0) is 0 Å². The van der Waals surface area contributed by atoms with Crippen molar-refractivity contribution < 1.29 is 0 Å². The van der Waals surface area contributed by atoms with E-state index in [0.717, 1.165) is 21.5 Å². The second-order valence-corrected chi connectivity index (χ2v) is 4.64.